The third-order valence-electron chi connectivity index (χ3n) is 5.47. The maximum absolute atomic E-state index is 12.9. The van der Waals surface area contributed by atoms with Crippen LogP contribution in [0.2, 0.25) is 0 Å². The highest BCUT2D eigenvalue weighted by atomic mass is 32.2. The van der Waals surface area contributed by atoms with Crippen LogP contribution in [0.25, 0.3) is 0 Å². The van der Waals surface area contributed by atoms with E-state index < -0.39 is 0 Å². The summed E-state index contributed by atoms with van der Waals surface area (Å²) >= 11 is 1.73. The van der Waals surface area contributed by atoms with Crippen molar-refractivity contribution < 1.29 is 4.79 Å². The predicted molar refractivity (Wildman–Crippen MR) is 130 cm³/mol. The van der Waals surface area contributed by atoms with E-state index in [2.05, 4.69) is 67.7 Å². The van der Waals surface area contributed by atoms with Crippen LogP contribution in [0, 0.1) is 0 Å². The number of nitrogens with zero attached hydrogens (tertiary/aromatic N) is 1. The van der Waals surface area contributed by atoms with Gasteiger partial charge in [0.2, 0.25) is 0 Å². The third-order valence-corrected chi connectivity index (χ3v) is 6.61. The van der Waals surface area contributed by atoms with Crippen LogP contribution in [0.1, 0.15) is 54.6 Å². The Morgan fingerprint density at radius 3 is 2.55 bits per heavy atom. The number of hydrogen-bond acceptors (Lipinski definition) is 3. The number of amides is 1. The summed E-state index contributed by atoms with van der Waals surface area (Å²) < 4.78 is 0. The van der Waals surface area contributed by atoms with Gasteiger partial charge in [0.1, 0.15) is 0 Å². The SMILES string of the molecule is CCCC1=Nc2cc(C(=O)N[C@@H](C)CCc3ccccc3)ccc2Sc2ccccc21. The fourth-order valence-electron chi connectivity index (χ4n) is 3.78. The quantitative estimate of drug-likeness (QED) is 0.448. The van der Waals surface area contributed by atoms with Crippen LogP contribution in [-0.2, 0) is 6.42 Å². The first-order chi connectivity index (χ1) is 15.1. The van der Waals surface area contributed by atoms with Crippen LogP contribution in [0.3, 0.4) is 0 Å². The van der Waals surface area contributed by atoms with E-state index in [9.17, 15) is 4.79 Å². The van der Waals surface area contributed by atoms with E-state index in [4.69, 9.17) is 4.99 Å². The number of rotatable bonds is 7. The highest BCUT2D eigenvalue weighted by Crippen LogP contribution is 2.41. The average molecular weight is 429 g/mol. The maximum atomic E-state index is 12.9. The second-order valence-corrected chi connectivity index (χ2v) is 9.07. The number of carbonyl (C=O) groups is 1. The van der Waals surface area contributed by atoms with Crippen LogP contribution in [0.15, 0.2) is 87.6 Å². The van der Waals surface area contributed by atoms with Crippen LogP contribution in [0.5, 0.6) is 0 Å². The number of nitrogens with one attached hydrogen (secondary N) is 1. The molecule has 0 unspecified atom stereocenters. The zero-order valence-corrected chi connectivity index (χ0v) is 18.9. The van der Waals surface area contributed by atoms with E-state index in [1.807, 2.05) is 24.3 Å². The van der Waals surface area contributed by atoms with Crippen molar-refractivity contribution in [3.8, 4) is 0 Å². The number of hydrogen-bond donors (Lipinski definition) is 1. The summed E-state index contributed by atoms with van der Waals surface area (Å²) in [6.07, 6.45) is 3.81. The molecule has 1 amide bonds. The van der Waals surface area contributed by atoms with Gasteiger partial charge in [-0.25, -0.2) is 0 Å². The molecule has 1 aliphatic rings. The van der Waals surface area contributed by atoms with Crippen molar-refractivity contribution in [3.05, 3.63) is 89.5 Å². The second-order valence-electron chi connectivity index (χ2n) is 7.99. The van der Waals surface area contributed by atoms with Gasteiger partial charge in [-0.2, -0.15) is 0 Å². The van der Waals surface area contributed by atoms with Crippen molar-refractivity contribution in [1.29, 1.82) is 0 Å². The number of carbonyl (C=O) groups excluding carboxylic acids is 1. The lowest BCUT2D eigenvalue weighted by Crippen LogP contribution is -2.32. The Morgan fingerprint density at radius 1 is 0.968 bits per heavy atom. The molecule has 4 heteroatoms. The Kier molecular flexibility index (Phi) is 6.88. The molecule has 1 heterocycles. The maximum Gasteiger partial charge on any atom is 0.251 e. The average Bonchev–Trinajstić information content (AvgIpc) is 2.94. The molecule has 0 aliphatic carbocycles. The highest BCUT2D eigenvalue weighted by Gasteiger charge is 2.18. The first-order valence-electron chi connectivity index (χ1n) is 11.0. The summed E-state index contributed by atoms with van der Waals surface area (Å²) in [5.41, 5.74) is 5.14. The summed E-state index contributed by atoms with van der Waals surface area (Å²) in [6, 6.07) is 24.8. The molecule has 0 saturated heterocycles. The van der Waals surface area contributed by atoms with Crippen LogP contribution >= 0.6 is 11.8 Å². The molecule has 3 nitrogen and oxygen atoms in total. The number of aryl methyl sites for hydroxylation is 1. The Bertz CT molecular complexity index is 1090. The van der Waals surface area contributed by atoms with Gasteiger partial charge in [-0.1, -0.05) is 73.6 Å². The van der Waals surface area contributed by atoms with E-state index in [-0.39, 0.29) is 11.9 Å². The molecule has 0 saturated carbocycles. The van der Waals surface area contributed by atoms with Gasteiger partial charge in [0.05, 0.1) is 5.69 Å². The summed E-state index contributed by atoms with van der Waals surface area (Å²) in [7, 11) is 0. The topological polar surface area (TPSA) is 41.5 Å². The van der Waals surface area contributed by atoms with E-state index in [1.165, 1.54) is 16.0 Å². The molecular weight excluding hydrogens is 400 g/mol. The monoisotopic (exact) mass is 428 g/mol. The molecule has 31 heavy (non-hydrogen) atoms. The standard InChI is InChI=1S/C27H28N2OS/c1-3-9-23-22-12-7-8-13-25(22)31-26-17-16-21(18-24(26)29-23)27(30)28-19(2)14-15-20-10-5-4-6-11-20/h4-8,10-13,16-19H,3,9,14-15H2,1-2H3,(H,28,30)/t19-/m0/s1. The van der Waals surface area contributed by atoms with E-state index >= 15 is 0 Å². The van der Waals surface area contributed by atoms with Crippen molar-refractivity contribution in [2.45, 2.75) is 55.4 Å². The molecule has 0 bridgehead atoms. The Balaban J connectivity index is 1.50. The molecule has 0 fully saturated rings. The molecule has 4 rings (SSSR count). The van der Waals surface area contributed by atoms with Crippen molar-refractivity contribution in [2.75, 3.05) is 0 Å². The van der Waals surface area contributed by atoms with E-state index in [0.717, 1.165) is 42.0 Å². The van der Waals surface area contributed by atoms with Gasteiger partial charge in [0, 0.05) is 32.7 Å². The molecule has 1 N–H and O–H groups in total. The van der Waals surface area contributed by atoms with Gasteiger partial charge in [0.15, 0.2) is 0 Å². The number of benzene rings is 3. The molecule has 3 aromatic rings. The highest BCUT2D eigenvalue weighted by molar-refractivity contribution is 7.99. The summed E-state index contributed by atoms with van der Waals surface area (Å²) in [5.74, 6) is -0.0395. The molecule has 1 aliphatic heterocycles. The first kappa shape index (κ1) is 21.4. The lowest BCUT2D eigenvalue weighted by molar-refractivity contribution is 0.0938. The first-order valence-corrected chi connectivity index (χ1v) is 11.8. The van der Waals surface area contributed by atoms with Gasteiger partial charge < -0.3 is 5.32 Å². The Labute approximate surface area is 189 Å². The number of fused-ring (bicyclic) bond motifs is 2. The minimum atomic E-state index is -0.0395. The van der Waals surface area contributed by atoms with E-state index in [1.54, 1.807) is 11.8 Å². The molecule has 0 radical (unpaired) electrons. The fraction of sp³-hybridized carbons (Fsp3) is 0.259. The predicted octanol–water partition coefficient (Wildman–Crippen LogP) is 6.82. The number of aliphatic imine (C=N–C) groups is 1. The lowest BCUT2D eigenvalue weighted by Gasteiger charge is -2.14. The van der Waals surface area contributed by atoms with Gasteiger partial charge in [0.25, 0.3) is 5.91 Å². The molecule has 1 atom stereocenters. The van der Waals surface area contributed by atoms with Crippen LogP contribution in [0.4, 0.5) is 5.69 Å². The Morgan fingerprint density at radius 2 is 1.74 bits per heavy atom. The Hall–Kier alpha value is -2.85. The zero-order chi connectivity index (χ0) is 21.6. The van der Waals surface area contributed by atoms with Crippen molar-refractivity contribution in [2.24, 2.45) is 4.99 Å². The van der Waals surface area contributed by atoms with Crippen LogP contribution < -0.4 is 5.32 Å². The second kappa shape index (κ2) is 9.97. The third kappa shape index (κ3) is 5.26. The minimum absolute atomic E-state index is 0.0395. The fourth-order valence-corrected chi connectivity index (χ4v) is 4.81. The van der Waals surface area contributed by atoms with Gasteiger partial charge in [-0.3, -0.25) is 9.79 Å². The molecule has 158 valence electrons. The molecule has 0 spiro atoms. The minimum Gasteiger partial charge on any atom is -0.350 e. The summed E-state index contributed by atoms with van der Waals surface area (Å²) in [4.78, 5) is 20.2. The molecule has 0 aromatic heterocycles. The van der Waals surface area contributed by atoms with Crippen molar-refractivity contribution >= 4 is 29.1 Å². The molecule has 3 aromatic carbocycles. The van der Waals surface area contributed by atoms with Gasteiger partial charge >= 0.3 is 0 Å². The lowest BCUT2D eigenvalue weighted by atomic mass is 10.1. The normalized spacial score (nSPS) is 13.4. The summed E-state index contributed by atoms with van der Waals surface area (Å²) in [6.45, 7) is 4.24. The largest absolute Gasteiger partial charge is 0.350 e. The zero-order valence-electron chi connectivity index (χ0n) is 18.1. The van der Waals surface area contributed by atoms with Crippen molar-refractivity contribution in [3.63, 3.8) is 0 Å². The summed E-state index contributed by atoms with van der Waals surface area (Å²) in [5, 5.41) is 3.15. The molecular formula is C27H28N2OS. The van der Waals surface area contributed by atoms with Gasteiger partial charge in [-0.05, 0) is 56.0 Å². The smallest absolute Gasteiger partial charge is 0.251 e. The van der Waals surface area contributed by atoms with Gasteiger partial charge in [-0.15, -0.1) is 0 Å². The van der Waals surface area contributed by atoms with Crippen LogP contribution in [-0.4, -0.2) is 17.7 Å². The van der Waals surface area contributed by atoms with Crippen molar-refractivity contribution in [1.82, 2.24) is 5.32 Å². The van der Waals surface area contributed by atoms with E-state index in [0.29, 0.717) is 5.56 Å².